The number of halogens is 2. The Morgan fingerprint density at radius 3 is 2.67 bits per heavy atom. The molecule has 0 fully saturated rings. The van der Waals surface area contributed by atoms with Crippen LogP contribution >= 0.6 is 15.9 Å². The second-order valence-electron chi connectivity index (χ2n) is 6.41. The van der Waals surface area contributed by atoms with Crippen molar-refractivity contribution in [1.29, 1.82) is 0 Å². The summed E-state index contributed by atoms with van der Waals surface area (Å²) < 4.78 is 16.7. The zero-order valence-electron chi connectivity index (χ0n) is 15.7. The SMILES string of the molecule is NN/N=C(\N)c1ccc(CNc2cc(-c3ccccc3F)nc3c(Br)cnn23)cc1. The molecule has 0 amide bonds. The zero-order valence-corrected chi connectivity index (χ0v) is 17.3. The zero-order chi connectivity index (χ0) is 21.1. The number of amidine groups is 1. The van der Waals surface area contributed by atoms with Crippen LogP contribution in [0.2, 0.25) is 0 Å². The van der Waals surface area contributed by atoms with Crippen molar-refractivity contribution in [2.45, 2.75) is 6.54 Å². The van der Waals surface area contributed by atoms with E-state index in [4.69, 9.17) is 11.6 Å². The van der Waals surface area contributed by atoms with Gasteiger partial charge in [-0.2, -0.15) is 9.61 Å². The molecule has 0 aliphatic heterocycles. The fourth-order valence-corrected chi connectivity index (χ4v) is 3.34. The predicted octanol–water partition coefficient (Wildman–Crippen LogP) is 2.99. The molecule has 2 aromatic heterocycles. The molecule has 0 unspecified atom stereocenters. The molecule has 4 rings (SSSR count). The number of fused-ring (bicyclic) bond motifs is 1. The second kappa shape index (κ2) is 8.47. The number of nitrogens with one attached hydrogen (secondary N) is 2. The van der Waals surface area contributed by atoms with Gasteiger partial charge in [0.05, 0.1) is 16.4 Å². The average molecular weight is 469 g/mol. The van der Waals surface area contributed by atoms with Crippen molar-refractivity contribution in [2.75, 3.05) is 5.32 Å². The quantitative estimate of drug-likeness (QED) is 0.149. The highest BCUT2D eigenvalue weighted by atomic mass is 79.9. The molecular weight excluding hydrogens is 451 g/mol. The van der Waals surface area contributed by atoms with Gasteiger partial charge in [0.1, 0.15) is 11.6 Å². The molecule has 2 heterocycles. The summed E-state index contributed by atoms with van der Waals surface area (Å²) in [6.07, 6.45) is 1.65. The summed E-state index contributed by atoms with van der Waals surface area (Å²) >= 11 is 3.45. The van der Waals surface area contributed by atoms with E-state index in [1.54, 1.807) is 35.0 Å². The number of rotatable bonds is 6. The second-order valence-corrected chi connectivity index (χ2v) is 7.27. The van der Waals surface area contributed by atoms with E-state index in [9.17, 15) is 4.39 Å². The van der Waals surface area contributed by atoms with Crippen molar-refractivity contribution in [2.24, 2.45) is 16.7 Å². The number of hydrazine groups is 1. The molecule has 2 aromatic carbocycles. The van der Waals surface area contributed by atoms with Gasteiger partial charge in [-0.1, -0.05) is 36.4 Å². The standard InChI is InChI=1S/C20H18BrFN8/c21-15-11-26-30-18(9-17(27-20(15)30)14-3-1-2-4-16(14)22)25-10-12-5-7-13(8-6-12)19(23)28-29-24/h1-9,11,25,29H,10,24H2,(H2,23,28). The minimum atomic E-state index is -0.335. The summed E-state index contributed by atoms with van der Waals surface area (Å²) in [6.45, 7) is 0.514. The lowest BCUT2D eigenvalue weighted by atomic mass is 10.1. The molecule has 30 heavy (non-hydrogen) atoms. The molecule has 0 bridgehead atoms. The first-order valence-corrected chi connectivity index (χ1v) is 9.77. The highest BCUT2D eigenvalue weighted by molar-refractivity contribution is 9.10. The average Bonchev–Trinajstić information content (AvgIpc) is 3.14. The molecule has 10 heteroatoms. The Kier molecular flexibility index (Phi) is 5.59. The van der Waals surface area contributed by atoms with E-state index in [1.165, 1.54) is 6.07 Å². The van der Waals surface area contributed by atoms with Crippen LogP contribution in [0.5, 0.6) is 0 Å². The Morgan fingerprint density at radius 1 is 1.17 bits per heavy atom. The maximum atomic E-state index is 14.3. The summed E-state index contributed by atoms with van der Waals surface area (Å²) in [5, 5.41) is 11.4. The Morgan fingerprint density at radius 2 is 1.93 bits per heavy atom. The van der Waals surface area contributed by atoms with Gasteiger partial charge in [-0.05, 0) is 33.6 Å². The van der Waals surface area contributed by atoms with Crippen LogP contribution in [-0.2, 0) is 6.54 Å². The highest BCUT2D eigenvalue weighted by Crippen LogP contribution is 2.27. The Hall–Kier alpha value is -3.50. The van der Waals surface area contributed by atoms with Crippen LogP contribution < -0.4 is 22.4 Å². The molecular formula is C20H18BrFN8. The smallest absolute Gasteiger partial charge is 0.172 e. The predicted molar refractivity (Wildman–Crippen MR) is 118 cm³/mol. The van der Waals surface area contributed by atoms with Crippen molar-refractivity contribution in [3.8, 4) is 11.3 Å². The van der Waals surface area contributed by atoms with Gasteiger partial charge in [0.25, 0.3) is 0 Å². The fourth-order valence-electron chi connectivity index (χ4n) is 2.99. The van der Waals surface area contributed by atoms with E-state index in [1.807, 2.05) is 24.3 Å². The largest absolute Gasteiger partial charge is 0.382 e. The van der Waals surface area contributed by atoms with Gasteiger partial charge in [0, 0.05) is 23.7 Å². The summed E-state index contributed by atoms with van der Waals surface area (Å²) in [5.74, 6) is 5.79. The monoisotopic (exact) mass is 468 g/mol. The van der Waals surface area contributed by atoms with Crippen molar-refractivity contribution in [3.05, 3.63) is 82.2 Å². The third-order valence-electron chi connectivity index (χ3n) is 4.49. The molecule has 4 aromatic rings. The molecule has 8 nitrogen and oxygen atoms in total. The number of hydrazone groups is 1. The van der Waals surface area contributed by atoms with Crippen LogP contribution in [0.1, 0.15) is 11.1 Å². The molecule has 0 atom stereocenters. The number of hydrogen-bond acceptors (Lipinski definition) is 6. The Balaban J connectivity index is 1.64. The van der Waals surface area contributed by atoms with E-state index >= 15 is 0 Å². The summed E-state index contributed by atoms with van der Waals surface area (Å²) in [5.41, 5.74) is 11.3. The van der Waals surface area contributed by atoms with E-state index < -0.39 is 0 Å². The summed E-state index contributed by atoms with van der Waals surface area (Å²) in [6, 6.07) is 15.9. The van der Waals surface area contributed by atoms with Crippen LogP contribution in [0.4, 0.5) is 10.2 Å². The van der Waals surface area contributed by atoms with Crippen LogP contribution in [0.3, 0.4) is 0 Å². The van der Waals surface area contributed by atoms with E-state index in [0.29, 0.717) is 35.1 Å². The lowest BCUT2D eigenvalue weighted by Gasteiger charge is -2.12. The van der Waals surface area contributed by atoms with Crippen LogP contribution in [0.25, 0.3) is 16.9 Å². The van der Waals surface area contributed by atoms with Gasteiger partial charge in [0.15, 0.2) is 11.5 Å². The van der Waals surface area contributed by atoms with Crippen molar-refractivity contribution in [1.82, 2.24) is 20.1 Å². The van der Waals surface area contributed by atoms with Gasteiger partial charge in [-0.15, -0.1) is 5.10 Å². The Labute approximate surface area is 179 Å². The third-order valence-corrected chi connectivity index (χ3v) is 5.05. The van der Waals surface area contributed by atoms with Crippen LogP contribution in [0.15, 0.2) is 70.4 Å². The summed E-state index contributed by atoms with van der Waals surface area (Å²) in [7, 11) is 0. The van der Waals surface area contributed by atoms with Gasteiger partial charge in [-0.3, -0.25) is 0 Å². The molecule has 152 valence electrons. The van der Waals surface area contributed by atoms with Crippen LogP contribution in [-0.4, -0.2) is 20.4 Å². The number of nitrogens with zero attached hydrogens (tertiary/aromatic N) is 4. The number of anilines is 1. The summed E-state index contributed by atoms with van der Waals surface area (Å²) in [4.78, 5) is 4.56. The van der Waals surface area contributed by atoms with E-state index in [2.05, 4.69) is 42.0 Å². The van der Waals surface area contributed by atoms with Crippen molar-refractivity contribution < 1.29 is 4.39 Å². The first-order chi connectivity index (χ1) is 14.6. The van der Waals surface area contributed by atoms with Gasteiger partial charge < -0.3 is 11.1 Å². The molecule has 0 saturated carbocycles. The van der Waals surface area contributed by atoms with Gasteiger partial charge in [0.2, 0.25) is 0 Å². The molecule has 0 saturated heterocycles. The first-order valence-electron chi connectivity index (χ1n) is 8.98. The molecule has 6 N–H and O–H groups in total. The molecule has 0 aliphatic rings. The minimum absolute atomic E-state index is 0.295. The highest BCUT2D eigenvalue weighted by Gasteiger charge is 2.13. The number of benzene rings is 2. The normalized spacial score (nSPS) is 11.6. The van der Waals surface area contributed by atoms with E-state index in [0.717, 1.165) is 15.6 Å². The lowest BCUT2D eigenvalue weighted by Crippen LogP contribution is -2.22. The molecule has 0 aliphatic carbocycles. The fraction of sp³-hybridized carbons (Fsp3) is 0.0500. The van der Waals surface area contributed by atoms with E-state index in [-0.39, 0.29) is 5.82 Å². The van der Waals surface area contributed by atoms with Gasteiger partial charge >= 0.3 is 0 Å². The van der Waals surface area contributed by atoms with Crippen molar-refractivity contribution in [3.63, 3.8) is 0 Å². The third kappa shape index (κ3) is 3.95. The number of hydrogen-bond donors (Lipinski definition) is 4. The van der Waals surface area contributed by atoms with Crippen molar-refractivity contribution >= 4 is 33.2 Å². The maximum absolute atomic E-state index is 14.3. The molecule has 0 radical (unpaired) electrons. The van der Waals surface area contributed by atoms with Crippen LogP contribution in [0, 0.1) is 5.82 Å². The maximum Gasteiger partial charge on any atom is 0.172 e. The Bertz CT molecular complexity index is 1220. The minimum Gasteiger partial charge on any atom is -0.382 e. The van der Waals surface area contributed by atoms with Gasteiger partial charge in [-0.25, -0.2) is 20.8 Å². The number of nitrogens with two attached hydrogens (primary N) is 2. The topological polar surface area (TPSA) is 119 Å². The first kappa shape index (κ1) is 19.8. The number of aromatic nitrogens is 3. The lowest BCUT2D eigenvalue weighted by molar-refractivity contribution is 0.630. The molecule has 0 spiro atoms.